The highest BCUT2D eigenvalue weighted by Crippen LogP contribution is 2.24. The molecule has 1 heterocycles. The number of hydrogen-bond donors (Lipinski definition) is 1. The maximum Gasteiger partial charge on any atom is 0.123 e. The van der Waals surface area contributed by atoms with Crippen molar-refractivity contribution >= 4 is 27.7 Å². The van der Waals surface area contributed by atoms with Crippen molar-refractivity contribution < 1.29 is 4.74 Å². The minimum absolute atomic E-state index is 0.666. The van der Waals surface area contributed by atoms with Crippen LogP contribution in [0.2, 0.25) is 0 Å². The fourth-order valence-electron chi connectivity index (χ4n) is 2.20. The quantitative estimate of drug-likeness (QED) is 0.835. The molecule has 1 N–H and O–H groups in total. The molecule has 1 fully saturated rings. The van der Waals surface area contributed by atoms with Crippen molar-refractivity contribution in [2.75, 3.05) is 18.1 Å². The van der Waals surface area contributed by atoms with Gasteiger partial charge in [-0.1, -0.05) is 22.9 Å². The molecule has 0 atom stereocenters. The largest absolute Gasteiger partial charge is 0.493 e. The van der Waals surface area contributed by atoms with Gasteiger partial charge in [0.15, 0.2) is 0 Å². The van der Waals surface area contributed by atoms with E-state index in [0.717, 1.165) is 29.8 Å². The van der Waals surface area contributed by atoms with Crippen LogP contribution in [0.1, 0.15) is 31.7 Å². The molecular weight excluding hydrogens is 322 g/mol. The van der Waals surface area contributed by atoms with Crippen LogP contribution in [0.3, 0.4) is 0 Å². The van der Waals surface area contributed by atoms with Gasteiger partial charge in [-0.2, -0.15) is 11.8 Å². The summed E-state index contributed by atoms with van der Waals surface area (Å²) in [6.07, 6.45) is 3.61. The molecule has 106 valence electrons. The molecule has 1 saturated heterocycles. The number of ether oxygens (including phenoxy) is 1. The number of hydrogen-bond acceptors (Lipinski definition) is 3. The minimum atomic E-state index is 0.666. The molecule has 0 amide bonds. The maximum atomic E-state index is 5.82. The molecule has 0 radical (unpaired) electrons. The summed E-state index contributed by atoms with van der Waals surface area (Å²) >= 11 is 5.61. The van der Waals surface area contributed by atoms with Gasteiger partial charge in [-0.25, -0.2) is 0 Å². The smallest absolute Gasteiger partial charge is 0.123 e. The van der Waals surface area contributed by atoms with E-state index in [2.05, 4.69) is 52.1 Å². The predicted molar refractivity (Wildman–Crippen MR) is 87.1 cm³/mol. The normalized spacial score (nSPS) is 16.5. The molecule has 2 rings (SSSR count). The second-order valence-corrected chi connectivity index (χ2v) is 7.01. The molecule has 0 bridgehead atoms. The van der Waals surface area contributed by atoms with Crippen LogP contribution in [-0.4, -0.2) is 24.2 Å². The van der Waals surface area contributed by atoms with E-state index in [4.69, 9.17) is 4.74 Å². The highest BCUT2D eigenvalue weighted by molar-refractivity contribution is 9.10. The van der Waals surface area contributed by atoms with Gasteiger partial charge in [0.05, 0.1) is 6.61 Å². The minimum Gasteiger partial charge on any atom is -0.493 e. The standard InChI is InChI=1S/C15H22BrNOS/c1-2-7-18-15-4-3-13(16)10-12(15)11-17-14-5-8-19-9-6-14/h3-4,10,14,17H,2,5-9,11H2,1H3. The number of rotatable bonds is 6. The Morgan fingerprint density at radius 2 is 2.16 bits per heavy atom. The van der Waals surface area contributed by atoms with Crippen LogP contribution in [0, 0.1) is 0 Å². The van der Waals surface area contributed by atoms with Gasteiger partial charge >= 0.3 is 0 Å². The maximum absolute atomic E-state index is 5.82. The molecule has 1 aromatic carbocycles. The highest BCUT2D eigenvalue weighted by Gasteiger charge is 2.14. The third-order valence-electron chi connectivity index (χ3n) is 3.29. The zero-order valence-corrected chi connectivity index (χ0v) is 13.9. The topological polar surface area (TPSA) is 21.3 Å². The van der Waals surface area contributed by atoms with Crippen molar-refractivity contribution in [1.82, 2.24) is 5.32 Å². The van der Waals surface area contributed by atoms with E-state index in [-0.39, 0.29) is 0 Å². The first-order valence-electron chi connectivity index (χ1n) is 7.02. The summed E-state index contributed by atoms with van der Waals surface area (Å²) in [5.41, 5.74) is 1.25. The molecule has 19 heavy (non-hydrogen) atoms. The lowest BCUT2D eigenvalue weighted by molar-refractivity contribution is 0.312. The lowest BCUT2D eigenvalue weighted by Gasteiger charge is -2.23. The summed E-state index contributed by atoms with van der Waals surface area (Å²) < 4.78 is 6.93. The Hall–Kier alpha value is -0.190. The van der Waals surface area contributed by atoms with Gasteiger partial charge in [0.2, 0.25) is 0 Å². The molecule has 4 heteroatoms. The van der Waals surface area contributed by atoms with Gasteiger partial charge in [-0.3, -0.25) is 0 Å². The number of benzene rings is 1. The van der Waals surface area contributed by atoms with Crippen LogP contribution in [0.25, 0.3) is 0 Å². The molecule has 2 nitrogen and oxygen atoms in total. The molecule has 0 aliphatic carbocycles. The van der Waals surface area contributed by atoms with E-state index in [0.29, 0.717) is 6.04 Å². The Morgan fingerprint density at radius 1 is 1.37 bits per heavy atom. The molecule has 0 aromatic heterocycles. The number of halogens is 1. The average Bonchev–Trinajstić information content (AvgIpc) is 2.45. The molecular formula is C15H22BrNOS. The first-order chi connectivity index (χ1) is 9.29. The van der Waals surface area contributed by atoms with Crippen molar-refractivity contribution in [2.24, 2.45) is 0 Å². The summed E-state index contributed by atoms with van der Waals surface area (Å²) in [5.74, 6) is 3.59. The zero-order chi connectivity index (χ0) is 13.5. The number of nitrogens with one attached hydrogen (secondary N) is 1. The molecule has 1 aliphatic rings. The SMILES string of the molecule is CCCOc1ccc(Br)cc1CNC1CCSCC1. The summed E-state index contributed by atoms with van der Waals surface area (Å²) in [6.45, 7) is 3.82. The molecule has 0 unspecified atom stereocenters. The van der Waals surface area contributed by atoms with Crippen molar-refractivity contribution in [3.05, 3.63) is 28.2 Å². The van der Waals surface area contributed by atoms with Gasteiger partial charge < -0.3 is 10.1 Å². The highest BCUT2D eigenvalue weighted by atomic mass is 79.9. The fourth-order valence-corrected chi connectivity index (χ4v) is 3.71. The van der Waals surface area contributed by atoms with E-state index in [1.807, 2.05) is 6.07 Å². The Kier molecular flexibility index (Phi) is 6.54. The number of thioether (sulfide) groups is 1. The van der Waals surface area contributed by atoms with E-state index in [9.17, 15) is 0 Å². The van der Waals surface area contributed by atoms with E-state index in [1.165, 1.54) is 29.9 Å². The van der Waals surface area contributed by atoms with E-state index < -0.39 is 0 Å². The van der Waals surface area contributed by atoms with Crippen molar-refractivity contribution in [3.8, 4) is 5.75 Å². The first-order valence-corrected chi connectivity index (χ1v) is 8.96. The third kappa shape index (κ3) is 5.01. The molecule has 0 spiro atoms. The second-order valence-electron chi connectivity index (χ2n) is 4.87. The Balaban J connectivity index is 1.94. The second kappa shape index (κ2) is 8.18. The van der Waals surface area contributed by atoms with Crippen LogP contribution >= 0.6 is 27.7 Å². The Morgan fingerprint density at radius 3 is 2.89 bits per heavy atom. The van der Waals surface area contributed by atoms with E-state index >= 15 is 0 Å². The molecule has 0 saturated carbocycles. The Bertz CT molecular complexity index is 394. The van der Waals surface area contributed by atoms with Crippen LogP contribution in [0.5, 0.6) is 5.75 Å². The summed E-state index contributed by atoms with van der Waals surface area (Å²) in [6, 6.07) is 6.94. The van der Waals surface area contributed by atoms with Gasteiger partial charge in [-0.05, 0) is 49.0 Å². The van der Waals surface area contributed by atoms with Crippen molar-refractivity contribution in [3.63, 3.8) is 0 Å². The van der Waals surface area contributed by atoms with Crippen LogP contribution in [0.4, 0.5) is 0 Å². The molecule has 1 aliphatic heterocycles. The average molecular weight is 344 g/mol. The third-order valence-corrected chi connectivity index (χ3v) is 4.83. The van der Waals surface area contributed by atoms with Crippen LogP contribution in [-0.2, 0) is 6.54 Å². The fraction of sp³-hybridized carbons (Fsp3) is 0.600. The predicted octanol–water partition coefficient (Wildman–Crippen LogP) is 4.22. The Labute approximate surface area is 128 Å². The van der Waals surface area contributed by atoms with Crippen LogP contribution < -0.4 is 10.1 Å². The first kappa shape index (κ1) is 15.2. The van der Waals surface area contributed by atoms with Gasteiger partial charge in [-0.15, -0.1) is 0 Å². The lowest BCUT2D eigenvalue weighted by Crippen LogP contribution is -2.32. The van der Waals surface area contributed by atoms with Gasteiger partial charge in [0.25, 0.3) is 0 Å². The van der Waals surface area contributed by atoms with Crippen molar-refractivity contribution in [2.45, 2.75) is 38.8 Å². The zero-order valence-electron chi connectivity index (χ0n) is 11.5. The summed E-state index contributed by atoms with van der Waals surface area (Å²) in [4.78, 5) is 0. The summed E-state index contributed by atoms with van der Waals surface area (Å²) in [5, 5.41) is 3.67. The van der Waals surface area contributed by atoms with Crippen LogP contribution in [0.15, 0.2) is 22.7 Å². The van der Waals surface area contributed by atoms with Gasteiger partial charge in [0, 0.05) is 22.6 Å². The van der Waals surface area contributed by atoms with E-state index in [1.54, 1.807) is 0 Å². The van der Waals surface area contributed by atoms with Crippen molar-refractivity contribution in [1.29, 1.82) is 0 Å². The van der Waals surface area contributed by atoms with Gasteiger partial charge in [0.1, 0.15) is 5.75 Å². The summed E-state index contributed by atoms with van der Waals surface area (Å²) in [7, 11) is 0. The monoisotopic (exact) mass is 343 g/mol. The lowest BCUT2D eigenvalue weighted by atomic mass is 10.1. The molecule has 1 aromatic rings.